The number of likely N-dealkylation sites (tertiary alicyclic amines) is 2. The molecule has 2 saturated heterocycles. The maximum absolute atomic E-state index is 13.5. The molecule has 290 valence electrons. The molecule has 3 unspecified atom stereocenters. The molecular weight excluding hydrogens is 721 g/mol. The summed E-state index contributed by atoms with van der Waals surface area (Å²) in [5.74, 6) is 7.45. The molecule has 0 saturated carbocycles. The number of alkyl carbamates (subject to hydrolysis) is 2. The van der Waals surface area contributed by atoms with Gasteiger partial charge in [0.05, 0.1) is 59.8 Å². The van der Waals surface area contributed by atoms with Crippen LogP contribution in [0.25, 0.3) is 21.8 Å². The quantitative estimate of drug-likeness (QED) is 0.142. The maximum atomic E-state index is 13.5. The highest BCUT2D eigenvalue weighted by molar-refractivity contribution is 7.16. The Morgan fingerprint density at radius 1 is 0.745 bits per heavy atom. The third-order valence-corrected chi connectivity index (χ3v) is 11.1. The summed E-state index contributed by atoms with van der Waals surface area (Å²) in [6, 6.07) is 10.1. The van der Waals surface area contributed by atoms with Crippen LogP contribution < -0.4 is 10.6 Å². The molecule has 0 radical (unpaired) electrons. The Hall–Kier alpha value is -5.62. The van der Waals surface area contributed by atoms with Gasteiger partial charge in [0.2, 0.25) is 11.8 Å². The number of carbonyl (C=O) groups is 4. The van der Waals surface area contributed by atoms with Gasteiger partial charge >= 0.3 is 12.2 Å². The van der Waals surface area contributed by atoms with Crippen LogP contribution in [0.2, 0.25) is 0 Å². The Morgan fingerprint density at radius 3 is 1.76 bits per heavy atom. The molecule has 6 rings (SSSR count). The number of rotatable bonds is 10. The number of hydrogen-bond donors (Lipinski definition) is 4. The summed E-state index contributed by atoms with van der Waals surface area (Å²) in [5, 5.41) is 5.37. The van der Waals surface area contributed by atoms with Gasteiger partial charge in [-0.25, -0.2) is 19.6 Å². The normalized spacial score (nSPS) is 17.8. The number of aromatic nitrogens is 4. The second-order valence-corrected chi connectivity index (χ2v) is 15.5. The van der Waals surface area contributed by atoms with E-state index in [-0.39, 0.29) is 35.7 Å². The highest BCUT2D eigenvalue weighted by Gasteiger charge is 2.39. The van der Waals surface area contributed by atoms with Crippen LogP contribution in [0.15, 0.2) is 48.8 Å². The van der Waals surface area contributed by atoms with Crippen molar-refractivity contribution in [1.82, 2.24) is 40.4 Å². The molecule has 0 aliphatic carbocycles. The van der Waals surface area contributed by atoms with E-state index in [0.29, 0.717) is 24.7 Å². The fourth-order valence-electron chi connectivity index (χ4n) is 7.09. The Bertz CT molecular complexity index is 2060. The number of imidazole rings is 2. The summed E-state index contributed by atoms with van der Waals surface area (Å²) in [7, 11) is 2.57. The second-order valence-electron chi connectivity index (χ2n) is 14.5. The summed E-state index contributed by atoms with van der Waals surface area (Å²) in [6.45, 7) is 8.76. The van der Waals surface area contributed by atoms with Crippen molar-refractivity contribution in [3.05, 3.63) is 70.9 Å². The molecule has 2 aliphatic heterocycles. The molecule has 55 heavy (non-hydrogen) atoms. The van der Waals surface area contributed by atoms with E-state index in [1.54, 1.807) is 33.5 Å². The molecular formula is C40H48N8O6S. The lowest BCUT2D eigenvalue weighted by Crippen LogP contribution is -2.51. The lowest BCUT2D eigenvalue weighted by atomic mass is 10.0. The van der Waals surface area contributed by atoms with Crippen molar-refractivity contribution in [2.24, 2.45) is 11.8 Å². The van der Waals surface area contributed by atoms with Crippen LogP contribution in [-0.2, 0) is 19.1 Å². The molecule has 4 aromatic rings. The number of aromatic amines is 2. The summed E-state index contributed by atoms with van der Waals surface area (Å²) in [5.41, 5.74) is 3.50. The average Bonchev–Trinajstić information content (AvgIpc) is 4.03. The highest BCUT2D eigenvalue weighted by atomic mass is 32.1. The van der Waals surface area contributed by atoms with Crippen molar-refractivity contribution in [2.75, 3.05) is 27.3 Å². The number of carbonyl (C=O) groups excluding carboxylic acids is 4. The van der Waals surface area contributed by atoms with Crippen LogP contribution in [0.4, 0.5) is 9.59 Å². The minimum absolute atomic E-state index is 0.107. The van der Waals surface area contributed by atoms with Crippen LogP contribution in [0.3, 0.4) is 0 Å². The van der Waals surface area contributed by atoms with E-state index in [2.05, 4.69) is 42.4 Å². The summed E-state index contributed by atoms with van der Waals surface area (Å²) >= 11 is 1.56. The highest BCUT2D eigenvalue weighted by Crippen LogP contribution is 2.35. The minimum Gasteiger partial charge on any atom is -0.453 e. The van der Waals surface area contributed by atoms with Crippen molar-refractivity contribution in [3.63, 3.8) is 0 Å². The van der Waals surface area contributed by atoms with Gasteiger partial charge in [0, 0.05) is 18.7 Å². The topological polar surface area (TPSA) is 175 Å². The molecule has 15 heteroatoms. The average molecular weight is 769 g/mol. The monoisotopic (exact) mass is 768 g/mol. The van der Waals surface area contributed by atoms with Crippen LogP contribution in [0.5, 0.6) is 0 Å². The fourth-order valence-corrected chi connectivity index (χ4v) is 7.91. The molecule has 4 atom stereocenters. The fraction of sp³-hybridized carbons (Fsp3) is 0.450. The van der Waals surface area contributed by atoms with E-state index < -0.39 is 24.3 Å². The number of benzene rings is 1. The van der Waals surface area contributed by atoms with Gasteiger partial charge in [0.25, 0.3) is 0 Å². The predicted molar refractivity (Wildman–Crippen MR) is 208 cm³/mol. The number of H-pyrrole nitrogens is 2. The van der Waals surface area contributed by atoms with Gasteiger partial charge in [0.1, 0.15) is 23.7 Å². The molecule has 2 fully saturated rings. The van der Waals surface area contributed by atoms with Crippen LogP contribution >= 0.6 is 11.3 Å². The third kappa shape index (κ3) is 8.86. The van der Waals surface area contributed by atoms with Crippen molar-refractivity contribution in [1.29, 1.82) is 0 Å². The van der Waals surface area contributed by atoms with E-state index in [1.165, 1.54) is 14.2 Å². The Balaban J connectivity index is 1.09. The zero-order chi connectivity index (χ0) is 39.2. The summed E-state index contributed by atoms with van der Waals surface area (Å²) in [4.78, 5) is 72.5. The molecule has 0 bridgehead atoms. The minimum atomic E-state index is -0.690. The van der Waals surface area contributed by atoms with E-state index in [1.807, 2.05) is 64.1 Å². The number of methoxy groups -OCH3 is 2. The molecule has 4 N–H and O–H groups in total. The van der Waals surface area contributed by atoms with Crippen LogP contribution in [-0.4, -0.2) is 93.1 Å². The lowest BCUT2D eigenvalue weighted by Gasteiger charge is -2.30. The van der Waals surface area contributed by atoms with Gasteiger partial charge in [-0.1, -0.05) is 51.7 Å². The van der Waals surface area contributed by atoms with E-state index in [4.69, 9.17) is 9.47 Å². The second kappa shape index (κ2) is 17.2. The van der Waals surface area contributed by atoms with Gasteiger partial charge in [-0.05, 0) is 67.3 Å². The molecule has 4 amide bonds. The summed E-state index contributed by atoms with van der Waals surface area (Å²) < 4.78 is 9.49. The zero-order valence-electron chi connectivity index (χ0n) is 32.0. The first-order chi connectivity index (χ1) is 26.5. The molecule has 0 spiro atoms. The molecule has 5 heterocycles. The largest absolute Gasteiger partial charge is 0.453 e. The first-order valence-electron chi connectivity index (χ1n) is 18.6. The van der Waals surface area contributed by atoms with Gasteiger partial charge in [-0.3, -0.25) is 9.59 Å². The van der Waals surface area contributed by atoms with Crippen molar-refractivity contribution in [2.45, 2.75) is 77.5 Å². The van der Waals surface area contributed by atoms with Crippen molar-refractivity contribution in [3.8, 4) is 33.7 Å². The zero-order valence-corrected chi connectivity index (χ0v) is 32.8. The summed E-state index contributed by atoms with van der Waals surface area (Å²) in [6.07, 6.45) is 5.56. The first kappa shape index (κ1) is 39.1. The number of nitrogens with one attached hydrogen (secondary N) is 4. The third-order valence-electron chi connectivity index (χ3n) is 10.1. The lowest BCUT2D eigenvalue weighted by molar-refractivity contribution is -0.136. The van der Waals surface area contributed by atoms with Gasteiger partial charge in [0.15, 0.2) is 0 Å². The molecule has 1 aromatic carbocycles. The molecule has 14 nitrogen and oxygen atoms in total. The smallest absolute Gasteiger partial charge is 0.407 e. The number of nitrogens with zero attached hydrogens (tertiary/aromatic N) is 4. The number of ether oxygens (including phenoxy) is 2. The van der Waals surface area contributed by atoms with Gasteiger partial charge in [-0.15, -0.1) is 11.3 Å². The Kier molecular flexibility index (Phi) is 12.2. The van der Waals surface area contributed by atoms with Gasteiger partial charge < -0.3 is 39.9 Å². The number of hydrogen-bond acceptors (Lipinski definition) is 9. The number of thiophene rings is 1. The van der Waals surface area contributed by atoms with Crippen molar-refractivity contribution < 1.29 is 28.7 Å². The number of amides is 4. The van der Waals surface area contributed by atoms with E-state index >= 15 is 0 Å². The van der Waals surface area contributed by atoms with E-state index in [0.717, 1.165) is 58.0 Å². The Morgan fingerprint density at radius 2 is 1.25 bits per heavy atom. The van der Waals surface area contributed by atoms with Crippen LogP contribution in [0.1, 0.15) is 87.6 Å². The maximum Gasteiger partial charge on any atom is 0.407 e. The van der Waals surface area contributed by atoms with Crippen molar-refractivity contribution >= 4 is 35.3 Å². The predicted octanol–water partition coefficient (Wildman–Crippen LogP) is 6.02. The molecule has 3 aromatic heterocycles. The molecule has 2 aliphatic rings. The van der Waals surface area contributed by atoms with E-state index in [9.17, 15) is 19.2 Å². The standard InChI is InChI=1S/C40H48N8O6S/c1-23(2)33(45-39(51)53-5)37(49)47-19-7-9-30(47)35-41-21-28(43-35)26-14-11-25(12-15-26)13-16-27-17-18-32(55-27)29-22-42-36(44-29)31-10-8-20-48(31)38(50)34(24(3)4)46-40(52)54-6/h11-12,14-15,17-18,21-24,30-31,33-34H,7-10,19-20H2,1-6H3,(H,41,43)(H,42,44)(H,45,51)(H,46,52)/t30?,31?,33?,34-/m0/s1. The van der Waals surface area contributed by atoms with Crippen LogP contribution in [0, 0.1) is 23.7 Å². The Labute approximate surface area is 324 Å². The first-order valence-corrected chi connectivity index (χ1v) is 19.4. The SMILES string of the molecule is COC(=O)NC(C(=O)N1CCCC1c1ncc(-c2ccc(C#Cc3ccc(-c4cnc(C5CCCN5C(=O)[C@@H](NC(=O)OC)C(C)C)[nH]4)s3)cc2)[nH]1)C(C)C. The van der Waals surface area contributed by atoms with Gasteiger partial charge in [-0.2, -0.15) is 0 Å².